The van der Waals surface area contributed by atoms with Gasteiger partial charge in [-0.3, -0.25) is 0 Å². The van der Waals surface area contributed by atoms with Gasteiger partial charge in [0, 0.05) is 18.8 Å². The highest BCUT2D eigenvalue weighted by atomic mass is 19.1. The summed E-state index contributed by atoms with van der Waals surface area (Å²) >= 11 is 0. The number of hydrogen-bond donors (Lipinski definition) is 0. The molecule has 1 rings (SSSR count). The van der Waals surface area contributed by atoms with Crippen LogP contribution >= 0.6 is 0 Å². The summed E-state index contributed by atoms with van der Waals surface area (Å²) in [4.78, 5) is 2.33. The Kier molecular flexibility index (Phi) is 16.3. The quantitative estimate of drug-likeness (QED) is 0.342. The van der Waals surface area contributed by atoms with Gasteiger partial charge >= 0.3 is 0 Å². The zero-order valence-electron chi connectivity index (χ0n) is 22.9. The van der Waals surface area contributed by atoms with Crippen LogP contribution in [0.2, 0.25) is 0 Å². The van der Waals surface area contributed by atoms with Gasteiger partial charge in [0.05, 0.1) is 5.83 Å². The molecule has 0 fully saturated rings. The molecule has 0 bridgehead atoms. The summed E-state index contributed by atoms with van der Waals surface area (Å²) in [6.45, 7) is 27.6. The van der Waals surface area contributed by atoms with Crippen molar-refractivity contribution in [3.8, 4) is 0 Å². The van der Waals surface area contributed by atoms with E-state index in [9.17, 15) is 8.78 Å². The third kappa shape index (κ3) is 13.7. The molecule has 0 radical (unpaired) electrons. The van der Waals surface area contributed by atoms with E-state index in [1.165, 1.54) is 25.5 Å². The molecule has 0 aliphatic heterocycles. The van der Waals surface area contributed by atoms with Crippen LogP contribution in [-0.2, 0) is 11.1 Å². The van der Waals surface area contributed by atoms with Gasteiger partial charge in [-0.05, 0) is 69.4 Å². The molecule has 0 saturated heterocycles. The average Bonchev–Trinajstić information content (AvgIpc) is 2.68. The van der Waals surface area contributed by atoms with Crippen LogP contribution < -0.4 is 0 Å². The third-order valence-corrected chi connectivity index (χ3v) is 5.23. The van der Waals surface area contributed by atoms with Crippen LogP contribution in [0.1, 0.15) is 107 Å². The van der Waals surface area contributed by atoms with Crippen LogP contribution in [-0.4, -0.2) is 18.0 Å². The zero-order chi connectivity index (χ0) is 25.5. The highest BCUT2D eigenvalue weighted by Crippen LogP contribution is 2.33. The van der Waals surface area contributed by atoms with E-state index in [-0.39, 0.29) is 17.2 Å². The maximum absolute atomic E-state index is 13.9. The van der Waals surface area contributed by atoms with E-state index in [2.05, 4.69) is 46.1 Å². The lowest BCUT2D eigenvalue weighted by Gasteiger charge is -2.28. The Balaban J connectivity index is 0. The van der Waals surface area contributed by atoms with E-state index < -0.39 is 5.67 Å². The normalized spacial score (nSPS) is 12.7. The van der Waals surface area contributed by atoms with Crippen molar-refractivity contribution in [1.82, 2.24) is 4.90 Å². The van der Waals surface area contributed by atoms with Crippen LogP contribution in [0.25, 0.3) is 0 Å². The number of halogens is 2. The lowest BCUT2D eigenvalue weighted by atomic mass is 9.77. The number of hydrogen-bond acceptors (Lipinski definition) is 1. The molecule has 1 aromatic rings. The molecule has 1 aromatic carbocycles. The largest absolute Gasteiger partial charge is 0.376 e. The highest BCUT2D eigenvalue weighted by Gasteiger charge is 2.24. The number of allylic oxidation sites excluding steroid dienone is 3. The van der Waals surface area contributed by atoms with E-state index in [4.69, 9.17) is 0 Å². The smallest absolute Gasteiger partial charge is 0.130 e. The molecule has 0 amide bonds. The van der Waals surface area contributed by atoms with Gasteiger partial charge in [-0.15, -0.1) is 0 Å². The fourth-order valence-corrected chi connectivity index (χ4v) is 3.72. The molecule has 1 nitrogen and oxygen atoms in total. The monoisotopic (exact) mass is 451 g/mol. The number of benzene rings is 1. The van der Waals surface area contributed by atoms with E-state index in [1.807, 2.05) is 45.0 Å². The third-order valence-electron chi connectivity index (χ3n) is 5.23. The van der Waals surface area contributed by atoms with E-state index in [0.717, 1.165) is 25.1 Å². The number of nitrogens with zero attached hydrogens (tertiary/aromatic N) is 1. The second-order valence-electron chi connectivity index (χ2n) is 9.59. The molecule has 0 spiro atoms. The molecule has 32 heavy (non-hydrogen) atoms. The van der Waals surface area contributed by atoms with Gasteiger partial charge in [0.1, 0.15) is 5.67 Å². The molecule has 0 aliphatic rings. The van der Waals surface area contributed by atoms with Crippen LogP contribution in [0.4, 0.5) is 8.78 Å². The molecule has 0 heterocycles. The summed E-state index contributed by atoms with van der Waals surface area (Å²) in [6.07, 6.45) is 4.94. The molecule has 0 saturated carbocycles. The zero-order valence-corrected chi connectivity index (χ0v) is 22.9. The van der Waals surface area contributed by atoms with Crippen molar-refractivity contribution in [3.05, 3.63) is 59.6 Å². The van der Waals surface area contributed by atoms with Crippen molar-refractivity contribution in [2.24, 2.45) is 5.92 Å². The first-order chi connectivity index (χ1) is 14.7. The van der Waals surface area contributed by atoms with Gasteiger partial charge in [0.15, 0.2) is 0 Å². The van der Waals surface area contributed by atoms with Crippen LogP contribution in [0.5, 0.6) is 0 Å². The Morgan fingerprint density at radius 1 is 0.969 bits per heavy atom. The lowest BCUT2D eigenvalue weighted by molar-refractivity contribution is 0.221. The topological polar surface area (TPSA) is 3.24 Å². The van der Waals surface area contributed by atoms with Crippen molar-refractivity contribution >= 4 is 0 Å². The molecular weight excluding hydrogens is 400 g/mol. The van der Waals surface area contributed by atoms with Gasteiger partial charge in [-0.25, -0.2) is 8.78 Å². The molecular formula is C29H51F2N. The summed E-state index contributed by atoms with van der Waals surface area (Å²) in [5.41, 5.74) is 1.66. The van der Waals surface area contributed by atoms with Crippen molar-refractivity contribution in [3.63, 3.8) is 0 Å². The van der Waals surface area contributed by atoms with Crippen LogP contribution in [0.3, 0.4) is 0 Å². The minimum Gasteiger partial charge on any atom is -0.376 e. The molecule has 186 valence electrons. The predicted octanol–water partition coefficient (Wildman–Crippen LogP) is 9.74. The van der Waals surface area contributed by atoms with E-state index in [0.29, 0.717) is 5.56 Å². The Morgan fingerprint density at radius 2 is 1.38 bits per heavy atom. The fraction of sp³-hybridized carbons (Fsp3) is 0.655. The Morgan fingerprint density at radius 3 is 1.69 bits per heavy atom. The summed E-state index contributed by atoms with van der Waals surface area (Å²) in [6, 6.07) is 7.65. The Bertz CT molecular complexity index is 641. The predicted molar refractivity (Wildman–Crippen MR) is 141 cm³/mol. The lowest BCUT2D eigenvalue weighted by Crippen LogP contribution is -2.22. The second kappa shape index (κ2) is 16.0. The maximum Gasteiger partial charge on any atom is 0.130 e. The highest BCUT2D eigenvalue weighted by molar-refractivity contribution is 5.31. The number of alkyl halides is 1. The molecule has 0 N–H and O–H groups in total. The first-order valence-electron chi connectivity index (χ1n) is 12.3. The summed E-state index contributed by atoms with van der Waals surface area (Å²) in [5, 5.41) is 0. The first-order valence-corrected chi connectivity index (χ1v) is 12.3. The standard InChI is InChI=1S/C18H26F2.C9H19N.C2H6/c1-13(11-14(2)19)12-17(3,4)15-7-9-16(10-8-15)18(5,6)20;1-5-7-10(8-6-2)9(3)4;1-2/h7-11,13H,12H2,1-6H3;3,5-8H2,1-2,4H3;1-2H3/b14-11-;;. The fourth-order valence-electron chi connectivity index (χ4n) is 3.72. The van der Waals surface area contributed by atoms with E-state index in [1.54, 1.807) is 19.9 Å². The van der Waals surface area contributed by atoms with Crippen molar-refractivity contribution in [2.45, 2.75) is 107 Å². The maximum atomic E-state index is 13.9. The van der Waals surface area contributed by atoms with Gasteiger partial charge in [0.2, 0.25) is 0 Å². The Hall–Kier alpha value is -1.64. The molecule has 1 unspecified atom stereocenters. The Labute approximate surface area is 199 Å². The molecule has 0 aromatic heterocycles. The number of rotatable bonds is 10. The van der Waals surface area contributed by atoms with Gasteiger partial charge in [0.25, 0.3) is 0 Å². The van der Waals surface area contributed by atoms with Crippen molar-refractivity contribution in [2.75, 3.05) is 13.1 Å². The molecule has 0 aliphatic carbocycles. The van der Waals surface area contributed by atoms with Crippen molar-refractivity contribution < 1.29 is 8.78 Å². The van der Waals surface area contributed by atoms with Gasteiger partial charge in [-0.2, -0.15) is 0 Å². The van der Waals surface area contributed by atoms with Crippen molar-refractivity contribution in [1.29, 1.82) is 0 Å². The van der Waals surface area contributed by atoms with Gasteiger partial charge in [-0.1, -0.05) is 85.4 Å². The summed E-state index contributed by atoms with van der Waals surface area (Å²) in [5.74, 6) is 0.0371. The minimum atomic E-state index is -1.32. The van der Waals surface area contributed by atoms with Crippen LogP contribution in [0.15, 0.2) is 48.4 Å². The second-order valence-corrected chi connectivity index (χ2v) is 9.59. The minimum absolute atomic E-state index is 0.0651. The first kappa shape index (κ1) is 32.5. The summed E-state index contributed by atoms with van der Waals surface area (Å²) < 4.78 is 26.8. The summed E-state index contributed by atoms with van der Waals surface area (Å²) in [7, 11) is 0. The van der Waals surface area contributed by atoms with E-state index >= 15 is 0 Å². The molecule has 3 heteroatoms. The van der Waals surface area contributed by atoms with Gasteiger partial charge < -0.3 is 4.90 Å². The van der Waals surface area contributed by atoms with Crippen LogP contribution in [0, 0.1) is 5.92 Å². The molecule has 1 atom stereocenters. The SMILES string of the molecule is C/C(F)=C/C(C)CC(C)(C)c1ccc(C(C)(C)F)cc1.C=C(C)N(CCC)CCC.CC. The average molecular weight is 452 g/mol.